The van der Waals surface area contributed by atoms with Crippen molar-refractivity contribution < 1.29 is 0 Å². The molecule has 3 aromatic rings. The van der Waals surface area contributed by atoms with Crippen molar-refractivity contribution in [3.8, 4) is 11.1 Å². The third-order valence-corrected chi connectivity index (χ3v) is 5.86. The van der Waals surface area contributed by atoms with Gasteiger partial charge in [-0.3, -0.25) is 9.80 Å². The Kier molecular flexibility index (Phi) is 7.03. The summed E-state index contributed by atoms with van der Waals surface area (Å²) in [6.45, 7) is 5.92. The fraction of sp³-hybridized carbons (Fsp3) is 0.333. The number of nitrogens with one attached hydrogen (secondary N) is 1. The number of likely N-dealkylation sites (N-methyl/N-ethyl adjacent to an activating group) is 1. The Bertz CT molecular complexity index is 984. The van der Waals surface area contributed by atoms with Crippen LogP contribution in [0.5, 0.6) is 0 Å². The minimum absolute atomic E-state index is 0.909. The molecule has 0 bridgehead atoms. The molecule has 4 rings (SSSR count). The van der Waals surface area contributed by atoms with Crippen LogP contribution in [-0.2, 0) is 19.6 Å². The van der Waals surface area contributed by atoms with E-state index in [4.69, 9.17) is 0 Å². The number of nitrogens with zero attached hydrogens (tertiary/aromatic N) is 3. The molecule has 0 atom stereocenters. The normalized spacial score (nSPS) is 14.0. The topological polar surface area (TPSA) is 21.8 Å². The number of rotatable bonds is 8. The summed E-state index contributed by atoms with van der Waals surface area (Å²) in [5.41, 5.74) is 7.94. The lowest BCUT2D eigenvalue weighted by atomic mass is 9.99. The molecule has 0 spiro atoms. The van der Waals surface area contributed by atoms with E-state index >= 15 is 0 Å². The molecule has 0 radical (unpaired) electrons. The van der Waals surface area contributed by atoms with Gasteiger partial charge in [0.05, 0.1) is 6.67 Å². The van der Waals surface area contributed by atoms with Gasteiger partial charge in [-0.05, 0) is 67.2 Å². The van der Waals surface area contributed by atoms with E-state index < -0.39 is 0 Å². The van der Waals surface area contributed by atoms with E-state index in [2.05, 4.69) is 114 Å². The van der Waals surface area contributed by atoms with E-state index in [0.717, 1.165) is 39.4 Å². The lowest BCUT2D eigenvalue weighted by Crippen LogP contribution is -2.31. The zero-order valence-electron chi connectivity index (χ0n) is 19.0. The highest BCUT2D eigenvalue weighted by atomic mass is 15.2. The van der Waals surface area contributed by atoms with Crippen LogP contribution in [0.2, 0.25) is 0 Å². The molecule has 31 heavy (non-hydrogen) atoms. The summed E-state index contributed by atoms with van der Waals surface area (Å²) in [7, 11) is 6.44. The Morgan fingerprint density at radius 3 is 2.35 bits per heavy atom. The zero-order valence-corrected chi connectivity index (χ0v) is 19.0. The van der Waals surface area contributed by atoms with Gasteiger partial charge in [0.1, 0.15) is 0 Å². The quantitative estimate of drug-likeness (QED) is 0.575. The number of hydrogen-bond acceptors (Lipinski definition) is 4. The van der Waals surface area contributed by atoms with E-state index in [1.165, 1.54) is 33.5 Å². The monoisotopic (exact) mass is 414 g/mol. The van der Waals surface area contributed by atoms with Crippen molar-refractivity contribution in [2.75, 3.05) is 46.2 Å². The molecule has 0 aromatic heterocycles. The molecular formula is C27H34N4. The third kappa shape index (κ3) is 5.95. The van der Waals surface area contributed by atoms with E-state index in [-0.39, 0.29) is 0 Å². The molecule has 0 unspecified atom stereocenters. The second-order valence-electron chi connectivity index (χ2n) is 8.92. The van der Waals surface area contributed by atoms with Crippen LogP contribution in [0.25, 0.3) is 11.1 Å². The van der Waals surface area contributed by atoms with Gasteiger partial charge in [0.15, 0.2) is 0 Å². The number of hydrogen-bond donors (Lipinski definition) is 1. The summed E-state index contributed by atoms with van der Waals surface area (Å²) in [6, 6.07) is 26.6. The number of benzene rings is 3. The maximum atomic E-state index is 3.49. The van der Waals surface area contributed by atoms with Gasteiger partial charge in [-0.2, -0.15) is 0 Å². The molecule has 4 heteroatoms. The highest BCUT2D eigenvalue weighted by molar-refractivity contribution is 5.69. The van der Waals surface area contributed by atoms with Gasteiger partial charge in [0, 0.05) is 38.4 Å². The Morgan fingerprint density at radius 1 is 0.806 bits per heavy atom. The third-order valence-electron chi connectivity index (χ3n) is 5.86. The van der Waals surface area contributed by atoms with Crippen molar-refractivity contribution in [3.63, 3.8) is 0 Å². The molecular weight excluding hydrogens is 380 g/mol. The maximum absolute atomic E-state index is 3.49. The molecule has 0 saturated heterocycles. The van der Waals surface area contributed by atoms with Crippen LogP contribution in [0.4, 0.5) is 5.69 Å². The average molecular weight is 415 g/mol. The molecule has 1 heterocycles. The van der Waals surface area contributed by atoms with Crippen LogP contribution in [-0.4, -0.2) is 55.6 Å². The smallest absolute Gasteiger partial charge is 0.0678 e. The Hall–Kier alpha value is -2.66. The molecule has 1 N–H and O–H groups in total. The first-order valence-electron chi connectivity index (χ1n) is 11.1. The number of anilines is 1. The summed E-state index contributed by atoms with van der Waals surface area (Å²) < 4.78 is 0. The van der Waals surface area contributed by atoms with Crippen LogP contribution in [0.15, 0.2) is 72.8 Å². The van der Waals surface area contributed by atoms with Crippen molar-refractivity contribution in [2.45, 2.75) is 19.6 Å². The molecule has 0 amide bonds. The predicted molar refractivity (Wildman–Crippen MR) is 131 cm³/mol. The lowest BCUT2D eigenvalue weighted by molar-refractivity contribution is 0.226. The first-order valence-corrected chi connectivity index (χ1v) is 11.1. The molecule has 0 aliphatic carbocycles. The first-order chi connectivity index (χ1) is 15.1. The van der Waals surface area contributed by atoms with E-state index in [1.54, 1.807) is 0 Å². The average Bonchev–Trinajstić information content (AvgIpc) is 2.78. The van der Waals surface area contributed by atoms with Crippen molar-refractivity contribution >= 4 is 5.69 Å². The zero-order chi connectivity index (χ0) is 21.6. The van der Waals surface area contributed by atoms with Crippen molar-refractivity contribution in [3.05, 3.63) is 89.5 Å². The Balaban J connectivity index is 1.52. The van der Waals surface area contributed by atoms with Gasteiger partial charge in [-0.15, -0.1) is 0 Å². The summed E-state index contributed by atoms with van der Waals surface area (Å²) in [5.74, 6) is 0. The SMILES string of the molecule is CN(C)CCN(Cc1ccccc1)Cc1cccc(-c2ccc3c(c2)CN(C)CN3)c1. The fourth-order valence-electron chi connectivity index (χ4n) is 4.15. The van der Waals surface area contributed by atoms with Crippen LogP contribution >= 0.6 is 0 Å². The van der Waals surface area contributed by atoms with Gasteiger partial charge in [-0.25, -0.2) is 0 Å². The summed E-state index contributed by atoms with van der Waals surface area (Å²) in [6.07, 6.45) is 0. The van der Waals surface area contributed by atoms with Crippen molar-refractivity contribution in [1.29, 1.82) is 0 Å². The highest BCUT2D eigenvalue weighted by Crippen LogP contribution is 2.29. The molecule has 1 aliphatic rings. The first kappa shape index (κ1) is 21.6. The second-order valence-corrected chi connectivity index (χ2v) is 8.92. The van der Waals surface area contributed by atoms with Gasteiger partial charge in [-0.1, -0.05) is 54.6 Å². The van der Waals surface area contributed by atoms with Gasteiger partial charge < -0.3 is 10.2 Å². The highest BCUT2D eigenvalue weighted by Gasteiger charge is 2.14. The molecule has 0 saturated carbocycles. The van der Waals surface area contributed by atoms with E-state index in [1.807, 2.05) is 0 Å². The van der Waals surface area contributed by atoms with Crippen LogP contribution in [0.1, 0.15) is 16.7 Å². The standard InChI is InChI=1S/C27H34N4/c1-29(2)14-15-31(18-22-8-5-4-6-9-22)19-23-10-7-11-24(16-23)25-12-13-27-26(17-25)20-30(3)21-28-27/h4-13,16-17,28H,14-15,18-21H2,1-3H3. The minimum Gasteiger partial charge on any atom is -0.372 e. The van der Waals surface area contributed by atoms with Crippen molar-refractivity contribution in [2.24, 2.45) is 0 Å². The predicted octanol–water partition coefficient (Wildman–Crippen LogP) is 4.73. The Morgan fingerprint density at radius 2 is 1.55 bits per heavy atom. The van der Waals surface area contributed by atoms with Gasteiger partial charge in [0.25, 0.3) is 0 Å². The van der Waals surface area contributed by atoms with E-state index in [0.29, 0.717) is 0 Å². The molecule has 1 aliphatic heterocycles. The number of fused-ring (bicyclic) bond motifs is 1. The van der Waals surface area contributed by atoms with Gasteiger partial charge in [0.2, 0.25) is 0 Å². The van der Waals surface area contributed by atoms with Crippen LogP contribution in [0, 0.1) is 0 Å². The Labute approximate surface area is 187 Å². The van der Waals surface area contributed by atoms with Gasteiger partial charge >= 0.3 is 0 Å². The summed E-state index contributed by atoms with van der Waals surface area (Å²) in [4.78, 5) is 7.10. The second kappa shape index (κ2) is 10.1. The lowest BCUT2D eigenvalue weighted by Gasteiger charge is -2.27. The van der Waals surface area contributed by atoms with E-state index in [9.17, 15) is 0 Å². The van der Waals surface area contributed by atoms with Crippen LogP contribution < -0.4 is 5.32 Å². The summed E-state index contributed by atoms with van der Waals surface area (Å²) >= 11 is 0. The van der Waals surface area contributed by atoms with Crippen molar-refractivity contribution in [1.82, 2.24) is 14.7 Å². The molecule has 3 aromatic carbocycles. The summed E-state index contributed by atoms with van der Waals surface area (Å²) in [5, 5.41) is 3.49. The van der Waals surface area contributed by atoms with Crippen LogP contribution in [0.3, 0.4) is 0 Å². The largest absolute Gasteiger partial charge is 0.372 e. The molecule has 162 valence electrons. The molecule has 4 nitrogen and oxygen atoms in total. The molecule has 0 fully saturated rings. The maximum Gasteiger partial charge on any atom is 0.0678 e. The minimum atomic E-state index is 0.909. The fourth-order valence-corrected chi connectivity index (χ4v) is 4.15.